The third kappa shape index (κ3) is 2.93. The van der Waals surface area contributed by atoms with Gasteiger partial charge in [-0.2, -0.15) is 0 Å². The van der Waals surface area contributed by atoms with Gasteiger partial charge < -0.3 is 15.0 Å². The van der Waals surface area contributed by atoms with Crippen LogP contribution in [0.15, 0.2) is 24.3 Å². The quantitative estimate of drug-likeness (QED) is 0.907. The summed E-state index contributed by atoms with van der Waals surface area (Å²) in [5, 5.41) is 3.76. The van der Waals surface area contributed by atoms with E-state index in [4.69, 9.17) is 4.74 Å². The number of methoxy groups -OCH3 is 1. The van der Waals surface area contributed by atoms with E-state index in [1.165, 1.54) is 63.0 Å². The minimum absolute atomic E-state index is 0.357. The topological polar surface area (TPSA) is 24.5 Å². The molecule has 0 bridgehead atoms. The van der Waals surface area contributed by atoms with E-state index >= 15 is 0 Å². The lowest BCUT2D eigenvalue weighted by molar-refractivity contribution is 0.0606. The highest BCUT2D eigenvalue weighted by Gasteiger charge is 2.26. The van der Waals surface area contributed by atoms with Crippen LogP contribution in [0.3, 0.4) is 0 Å². The minimum atomic E-state index is 0.357. The summed E-state index contributed by atoms with van der Waals surface area (Å²) in [5.41, 5.74) is 2.65. The molecule has 1 aromatic rings. The molecule has 3 rings (SSSR count). The molecule has 110 valence electrons. The van der Waals surface area contributed by atoms with Crippen LogP contribution in [0, 0.1) is 0 Å². The molecule has 2 fully saturated rings. The molecule has 2 unspecified atom stereocenters. The smallest absolute Gasteiger partial charge is 0.0772 e. The third-order valence-electron chi connectivity index (χ3n) is 4.70. The number of hydrogen-bond acceptors (Lipinski definition) is 3. The van der Waals surface area contributed by atoms with Gasteiger partial charge in [0.1, 0.15) is 0 Å². The Morgan fingerprint density at radius 2 is 1.80 bits per heavy atom. The Hall–Kier alpha value is -1.22. The number of rotatable bonds is 4. The number of ether oxygens (including phenoxy) is 1. The fourth-order valence-electron chi connectivity index (χ4n) is 3.57. The van der Waals surface area contributed by atoms with Crippen LogP contribution in [-0.4, -0.2) is 32.3 Å². The molecule has 3 heteroatoms. The van der Waals surface area contributed by atoms with Crippen LogP contribution >= 0.6 is 0 Å². The largest absolute Gasteiger partial charge is 0.379 e. The van der Waals surface area contributed by atoms with E-state index in [1.54, 1.807) is 0 Å². The summed E-state index contributed by atoms with van der Waals surface area (Å²) in [5.74, 6) is 0. The third-order valence-corrected chi connectivity index (χ3v) is 4.70. The van der Waals surface area contributed by atoms with Crippen molar-refractivity contribution in [1.82, 2.24) is 0 Å². The molecule has 1 saturated heterocycles. The molecule has 0 radical (unpaired) electrons. The molecule has 1 aliphatic carbocycles. The van der Waals surface area contributed by atoms with Crippen molar-refractivity contribution in [2.75, 3.05) is 30.4 Å². The Morgan fingerprint density at radius 3 is 2.60 bits per heavy atom. The molecule has 1 heterocycles. The summed E-state index contributed by atoms with van der Waals surface area (Å²) in [7, 11) is 1.84. The SMILES string of the molecule is COC1CCCCC1Nc1ccccc1N1CCCC1. The zero-order valence-electron chi connectivity index (χ0n) is 12.5. The van der Waals surface area contributed by atoms with Gasteiger partial charge in [-0.05, 0) is 37.8 Å². The normalized spacial score (nSPS) is 26.8. The average Bonchev–Trinajstić information content (AvgIpc) is 3.02. The second-order valence-corrected chi connectivity index (χ2v) is 6.02. The van der Waals surface area contributed by atoms with Gasteiger partial charge in [0.25, 0.3) is 0 Å². The van der Waals surface area contributed by atoms with Gasteiger partial charge in [-0.25, -0.2) is 0 Å². The van der Waals surface area contributed by atoms with E-state index in [0.717, 1.165) is 0 Å². The number of nitrogens with zero attached hydrogens (tertiary/aromatic N) is 1. The predicted molar refractivity (Wildman–Crippen MR) is 84.6 cm³/mol. The standard InChI is InChI=1S/C17H26N2O/c1-20-17-11-5-3-9-15(17)18-14-8-2-4-10-16(14)19-12-6-7-13-19/h2,4,8,10,15,17-18H,3,5-7,9,11-13H2,1H3. The van der Waals surface area contributed by atoms with Crippen LogP contribution in [0.1, 0.15) is 38.5 Å². The molecule has 0 amide bonds. The molecule has 3 nitrogen and oxygen atoms in total. The first-order valence-electron chi connectivity index (χ1n) is 8.02. The van der Waals surface area contributed by atoms with Gasteiger partial charge in [-0.15, -0.1) is 0 Å². The maximum absolute atomic E-state index is 5.67. The summed E-state index contributed by atoms with van der Waals surface area (Å²) in [4.78, 5) is 2.51. The highest BCUT2D eigenvalue weighted by atomic mass is 16.5. The molecule has 0 spiro atoms. The highest BCUT2D eigenvalue weighted by molar-refractivity contribution is 5.70. The second-order valence-electron chi connectivity index (χ2n) is 6.02. The molecular weight excluding hydrogens is 248 g/mol. The fraction of sp³-hybridized carbons (Fsp3) is 0.647. The van der Waals surface area contributed by atoms with Gasteiger partial charge in [0.05, 0.1) is 23.5 Å². The Kier molecular flexibility index (Phi) is 4.46. The first kappa shape index (κ1) is 13.7. The number of para-hydroxylation sites is 2. The highest BCUT2D eigenvalue weighted by Crippen LogP contribution is 2.31. The first-order valence-corrected chi connectivity index (χ1v) is 8.02. The second kappa shape index (κ2) is 6.49. The lowest BCUT2D eigenvalue weighted by Crippen LogP contribution is -2.38. The van der Waals surface area contributed by atoms with Crippen LogP contribution in [-0.2, 0) is 4.74 Å². The van der Waals surface area contributed by atoms with E-state index < -0.39 is 0 Å². The molecule has 20 heavy (non-hydrogen) atoms. The van der Waals surface area contributed by atoms with Gasteiger partial charge in [0.2, 0.25) is 0 Å². The summed E-state index contributed by atoms with van der Waals surface area (Å²) in [6.45, 7) is 2.38. The molecule has 0 aromatic heterocycles. The number of hydrogen-bond donors (Lipinski definition) is 1. The molecule has 1 saturated carbocycles. The van der Waals surface area contributed by atoms with Crippen molar-refractivity contribution >= 4 is 11.4 Å². The first-order chi connectivity index (χ1) is 9.88. The van der Waals surface area contributed by atoms with Crippen molar-refractivity contribution in [3.63, 3.8) is 0 Å². The van der Waals surface area contributed by atoms with E-state index in [0.29, 0.717) is 12.1 Å². The molecule has 2 aliphatic rings. The van der Waals surface area contributed by atoms with Gasteiger partial charge in [0, 0.05) is 20.2 Å². The Labute approximate surface area is 122 Å². The van der Waals surface area contributed by atoms with Crippen LogP contribution in [0.25, 0.3) is 0 Å². The fourth-order valence-corrected chi connectivity index (χ4v) is 3.57. The molecule has 1 aromatic carbocycles. The van der Waals surface area contributed by atoms with E-state index in [9.17, 15) is 0 Å². The molecule has 1 N–H and O–H groups in total. The molecule has 2 atom stereocenters. The van der Waals surface area contributed by atoms with Crippen molar-refractivity contribution in [3.05, 3.63) is 24.3 Å². The summed E-state index contributed by atoms with van der Waals surface area (Å²) >= 11 is 0. The average molecular weight is 274 g/mol. The molecule has 1 aliphatic heterocycles. The zero-order valence-corrected chi connectivity index (χ0v) is 12.5. The summed E-state index contributed by atoms with van der Waals surface area (Å²) < 4.78 is 5.67. The zero-order chi connectivity index (χ0) is 13.8. The lowest BCUT2D eigenvalue weighted by atomic mass is 9.92. The van der Waals surface area contributed by atoms with Crippen LogP contribution in [0.2, 0.25) is 0 Å². The molecular formula is C17H26N2O. The number of nitrogens with one attached hydrogen (secondary N) is 1. The minimum Gasteiger partial charge on any atom is -0.379 e. The Bertz CT molecular complexity index is 429. The van der Waals surface area contributed by atoms with Crippen molar-refractivity contribution in [2.45, 2.75) is 50.7 Å². The van der Waals surface area contributed by atoms with Crippen molar-refractivity contribution in [3.8, 4) is 0 Å². The number of benzene rings is 1. The van der Waals surface area contributed by atoms with Crippen LogP contribution in [0.5, 0.6) is 0 Å². The van der Waals surface area contributed by atoms with Crippen LogP contribution < -0.4 is 10.2 Å². The monoisotopic (exact) mass is 274 g/mol. The van der Waals surface area contributed by atoms with Gasteiger partial charge in [-0.1, -0.05) is 25.0 Å². The van der Waals surface area contributed by atoms with Crippen LogP contribution in [0.4, 0.5) is 11.4 Å². The summed E-state index contributed by atoms with van der Waals surface area (Å²) in [6, 6.07) is 9.20. The van der Waals surface area contributed by atoms with E-state index in [1.807, 2.05) is 7.11 Å². The maximum atomic E-state index is 5.67. The Balaban J connectivity index is 1.75. The Morgan fingerprint density at radius 1 is 1.05 bits per heavy atom. The predicted octanol–water partition coefficient (Wildman–Crippen LogP) is 3.66. The van der Waals surface area contributed by atoms with E-state index in [2.05, 4.69) is 34.5 Å². The van der Waals surface area contributed by atoms with Gasteiger partial charge in [-0.3, -0.25) is 0 Å². The van der Waals surface area contributed by atoms with Gasteiger partial charge >= 0.3 is 0 Å². The van der Waals surface area contributed by atoms with Crippen molar-refractivity contribution in [1.29, 1.82) is 0 Å². The lowest BCUT2D eigenvalue weighted by Gasteiger charge is -2.33. The van der Waals surface area contributed by atoms with E-state index in [-0.39, 0.29) is 0 Å². The van der Waals surface area contributed by atoms with Gasteiger partial charge in [0.15, 0.2) is 0 Å². The van der Waals surface area contributed by atoms with Crippen molar-refractivity contribution < 1.29 is 4.74 Å². The number of anilines is 2. The maximum Gasteiger partial charge on any atom is 0.0772 e. The summed E-state index contributed by atoms with van der Waals surface area (Å²) in [6.07, 6.45) is 7.99. The van der Waals surface area contributed by atoms with Crippen molar-refractivity contribution in [2.24, 2.45) is 0 Å².